The summed E-state index contributed by atoms with van der Waals surface area (Å²) in [4.78, 5) is 14.9. The van der Waals surface area contributed by atoms with E-state index >= 15 is 0 Å². The Kier molecular flexibility index (Phi) is 3.63. The molecule has 2 fully saturated rings. The molecule has 19 heavy (non-hydrogen) atoms. The first-order valence-corrected chi connectivity index (χ1v) is 8.32. The molecule has 3 rings (SSSR count). The number of amides is 1. The van der Waals surface area contributed by atoms with E-state index in [1.165, 1.54) is 18.4 Å². The quantitative estimate of drug-likeness (QED) is 0.916. The minimum Gasteiger partial charge on any atom is -0.321 e. The zero-order valence-corrected chi connectivity index (χ0v) is 12.3. The van der Waals surface area contributed by atoms with Crippen molar-refractivity contribution < 1.29 is 4.79 Å². The van der Waals surface area contributed by atoms with Crippen molar-refractivity contribution in [2.45, 2.75) is 57.2 Å². The van der Waals surface area contributed by atoms with E-state index in [0.29, 0.717) is 5.91 Å². The van der Waals surface area contributed by atoms with Gasteiger partial charge in [0.25, 0.3) is 0 Å². The third-order valence-corrected chi connectivity index (χ3v) is 5.16. The second-order valence-electron chi connectivity index (χ2n) is 5.74. The van der Waals surface area contributed by atoms with E-state index in [2.05, 4.69) is 34.0 Å². The molecule has 1 atom stereocenters. The van der Waals surface area contributed by atoms with Gasteiger partial charge >= 0.3 is 0 Å². The second-order valence-corrected chi connectivity index (χ2v) is 6.52. The molecule has 0 bridgehead atoms. The number of carbonyl (C=O) groups is 1. The van der Waals surface area contributed by atoms with Crippen molar-refractivity contribution >= 4 is 17.2 Å². The highest BCUT2D eigenvalue weighted by Gasteiger charge is 2.52. The van der Waals surface area contributed by atoms with Crippen molar-refractivity contribution in [3.05, 3.63) is 22.4 Å². The molecule has 1 aliphatic heterocycles. The van der Waals surface area contributed by atoms with E-state index in [1.54, 1.807) is 11.3 Å². The van der Waals surface area contributed by atoms with Crippen LogP contribution in [0.25, 0.3) is 0 Å². The van der Waals surface area contributed by atoms with Gasteiger partial charge in [-0.2, -0.15) is 11.3 Å². The summed E-state index contributed by atoms with van der Waals surface area (Å²) in [5, 5.41) is 7.92. The zero-order valence-electron chi connectivity index (χ0n) is 11.5. The molecule has 1 aliphatic carbocycles. The Morgan fingerprint density at radius 2 is 2.26 bits per heavy atom. The first kappa shape index (κ1) is 13.1. The van der Waals surface area contributed by atoms with Gasteiger partial charge in [0.15, 0.2) is 0 Å². The van der Waals surface area contributed by atoms with Crippen LogP contribution in [-0.2, 0) is 4.79 Å². The van der Waals surface area contributed by atoms with Crippen molar-refractivity contribution in [1.29, 1.82) is 0 Å². The number of unbranched alkanes of at least 4 members (excludes halogenated alkanes) is 1. The second kappa shape index (κ2) is 5.25. The summed E-state index contributed by atoms with van der Waals surface area (Å²) in [5.41, 5.74) is 0.999. The molecule has 4 heteroatoms. The topological polar surface area (TPSA) is 32.3 Å². The van der Waals surface area contributed by atoms with Crippen molar-refractivity contribution in [3.8, 4) is 0 Å². The number of hydrogen-bond acceptors (Lipinski definition) is 3. The number of hydrogen-bond donors (Lipinski definition) is 1. The number of carbonyl (C=O) groups excluding carboxylic acids is 1. The van der Waals surface area contributed by atoms with Gasteiger partial charge in [-0.1, -0.05) is 26.2 Å². The van der Waals surface area contributed by atoms with Crippen LogP contribution >= 0.6 is 11.3 Å². The average Bonchev–Trinajstić information content (AvgIpc) is 3.13. The molecule has 1 unspecified atom stereocenters. The van der Waals surface area contributed by atoms with E-state index in [4.69, 9.17) is 0 Å². The summed E-state index contributed by atoms with van der Waals surface area (Å²) < 4.78 is 0. The molecule has 1 aromatic heterocycles. The Balaban J connectivity index is 1.86. The summed E-state index contributed by atoms with van der Waals surface area (Å²) in [7, 11) is 0. The van der Waals surface area contributed by atoms with Crippen LogP contribution < -0.4 is 5.32 Å². The highest BCUT2D eigenvalue weighted by Crippen LogP contribution is 2.41. The van der Waals surface area contributed by atoms with E-state index < -0.39 is 0 Å². The standard InChI is InChI=1S/C15H22N2OS/c1-2-3-9-17-13(12-6-10-19-11-12)16-15(14(17)18)7-4-5-8-15/h6,10-11,13,16H,2-5,7-9H2,1H3. The monoisotopic (exact) mass is 278 g/mol. The fourth-order valence-electron chi connectivity index (χ4n) is 3.38. The van der Waals surface area contributed by atoms with Gasteiger partial charge in [-0.15, -0.1) is 0 Å². The maximum absolute atomic E-state index is 12.8. The Bertz CT molecular complexity index is 437. The highest BCUT2D eigenvalue weighted by molar-refractivity contribution is 7.07. The maximum Gasteiger partial charge on any atom is 0.244 e. The van der Waals surface area contributed by atoms with Crippen molar-refractivity contribution in [2.24, 2.45) is 0 Å². The molecule has 1 aromatic rings. The molecule has 3 nitrogen and oxygen atoms in total. The molecule has 1 spiro atoms. The summed E-state index contributed by atoms with van der Waals surface area (Å²) >= 11 is 1.71. The smallest absolute Gasteiger partial charge is 0.244 e. The lowest BCUT2D eigenvalue weighted by Crippen LogP contribution is -2.44. The number of nitrogens with one attached hydrogen (secondary N) is 1. The molecule has 1 saturated carbocycles. The van der Waals surface area contributed by atoms with Gasteiger partial charge in [0.1, 0.15) is 6.17 Å². The zero-order chi connectivity index (χ0) is 13.3. The Labute approximate surface area is 119 Å². The summed E-state index contributed by atoms with van der Waals surface area (Å²) in [6.45, 7) is 3.06. The van der Waals surface area contributed by atoms with Crippen LogP contribution in [0, 0.1) is 0 Å². The van der Waals surface area contributed by atoms with Gasteiger partial charge in [0.2, 0.25) is 5.91 Å². The molecule has 2 heterocycles. The first-order chi connectivity index (χ1) is 9.27. The Morgan fingerprint density at radius 3 is 2.89 bits per heavy atom. The third-order valence-electron chi connectivity index (χ3n) is 4.46. The summed E-state index contributed by atoms with van der Waals surface area (Å²) in [5.74, 6) is 0.342. The number of thiophene rings is 1. The molecule has 1 amide bonds. The predicted octanol–water partition coefficient (Wildman–Crippen LogP) is 3.29. The molecular weight excluding hydrogens is 256 g/mol. The van der Waals surface area contributed by atoms with Crippen LogP contribution in [0.4, 0.5) is 0 Å². The Hall–Kier alpha value is -0.870. The minimum atomic E-state index is -0.250. The van der Waals surface area contributed by atoms with Gasteiger partial charge in [0.05, 0.1) is 5.54 Å². The SMILES string of the molecule is CCCCN1C(=O)C2(CCCC2)NC1c1ccsc1. The predicted molar refractivity (Wildman–Crippen MR) is 78.0 cm³/mol. The van der Waals surface area contributed by atoms with Crippen LogP contribution in [-0.4, -0.2) is 22.9 Å². The fourth-order valence-corrected chi connectivity index (χ4v) is 4.06. The number of rotatable bonds is 4. The Morgan fingerprint density at radius 1 is 1.47 bits per heavy atom. The molecule has 1 saturated heterocycles. The average molecular weight is 278 g/mol. The maximum atomic E-state index is 12.8. The number of nitrogens with zero attached hydrogens (tertiary/aromatic N) is 1. The normalized spacial score (nSPS) is 25.6. The molecule has 2 aliphatic rings. The fraction of sp³-hybridized carbons (Fsp3) is 0.667. The van der Waals surface area contributed by atoms with Crippen LogP contribution in [0.2, 0.25) is 0 Å². The van der Waals surface area contributed by atoms with Crippen molar-refractivity contribution in [3.63, 3.8) is 0 Å². The van der Waals surface area contributed by atoms with Gasteiger partial charge in [-0.3, -0.25) is 10.1 Å². The van der Waals surface area contributed by atoms with Gasteiger partial charge in [-0.05, 0) is 41.7 Å². The highest BCUT2D eigenvalue weighted by atomic mass is 32.1. The first-order valence-electron chi connectivity index (χ1n) is 7.38. The summed E-state index contributed by atoms with van der Waals surface area (Å²) in [6.07, 6.45) is 6.69. The van der Waals surface area contributed by atoms with Gasteiger partial charge in [-0.25, -0.2) is 0 Å². The lowest BCUT2D eigenvalue weighted by Gasteiger charge is -2.23. The molecule has 104 valence electrons. The van der Waals surface area contributed by atoms with Gasteiger partial charge in [0, 0.05) is 6.54 Å². The van der Waals surface area contributed by atoms with Crippen molar-refractivity contribution in [2.75, 3.05) is 6.54 Å². The van der Waals surface area contributed by atoms with Crippen LogP contribution in [0.5, 0.6) is 0 Å². The molecule has 0 aromatic carbocycles. The molecule has 0 radical (unpaired) electrons. The van der Waals surface area contributed by atoms with Crippen molar-refractivity contribution in [1.82, 2.24) is 10.2 Å². The van der Waals surface area contributed by atoms with E-state index in [0.717, 1.165) is 32.2 Å². The largest absolute Gasteiger partial charge is 0.321 e. The lowest BCUT2D eigenvalue weighted by molar-refractivity contribution is -0.133. The van der Waals surface area contributed by atoms with Crippen LogP contribution in [0.3, 0.4) is 0 Å². The molecule has 1 N–H and O–H groups in total. The minimum absolute atomic E-state index is 0.100. The van der Waals surface area contributed by atoms with E-state index in [-0.39, 0.29) is 11.7 Å². The lowest BCUT2D eigenvalue weighted by atomic mass is 9.98. The van der Waals surface area contributed by atoms with E-state index in [1.807, 2.05) is 0 Å². The van der Waals surface area contributed by atoms with Crippen LogP contribution in [0.15, 0.2) is 16.8 Å². The third kappa shape index (κ3) is 2.21. The van der Waals surface area contributed by atoms with Gasteiger partial charge < -0.3 is 4.90 Å². The molecular formula is C15H22N2OS. The summed E-state index contributed by atoms with van der Waals surface area (Å²) in [6, 6.07) is 2.14. The van der Waals surface area contributed by atoms with Crippen LogP contribution in [0.1, 0.15) is 57.2 Å². The van der Waals surface area contributed by atoms with E-state index in [9.17, 15) is 4.79 Å².